The molecule has 2 amide bonds. The van der Waals surface area contributed by atoms with Gasteiger partial charge in [0.1, 0.15) is 5.75 Å². The van der Waals surface area contributed by atoms with E-state index in [-0.39, 0.29) is 12.1 Å². The number of pyridine rings is 1. The van der Waals surface area contributed by atoms with Gasteiger partial charge in [-0.3, -0.25) is 0 Å². The van der Waals surface area contributed by atoms with Gasteiger partial charge in [0.2, 0.25) is 0 Å². The number of hydrogen-bond donors (Lipinski definition) is 2. The number of amides is 2. The zero-order valence-electron chi connectivity index (χ0n) is 16.9. The van der Waals surface area contributed by atoms with Crippen LogP contribution in [0.1, 0.15) is 17.2 Å². The van der Waals surface area contributed by atoms with Crippen molar-refractivity contribution < 1.29 is 9.53 Å². The Morgan fingerprint density at radius 1 is 1.14 bits per heavy atom. The number of urea groups is 1. The summed E-state index contributed by atoms with van der Waals surface area (Å²) in [5.41, 5.74) is 1.98. The average molecular weight is 394 g/mol. The first kappa shape index (κ1) is 20.3. The van der Waals surface area contributed by atoms with Crippen molar-refractivity contribution in [2.24, 2.45) is 0 Å². The molecule has 1 unspecified atom stereocenters. The summed E-state index contributed by atoms with van der Waals surface area (Å²) < 4.78 is 6.89. The number of ether oxygens (including phenoxy) is 1. The molecule has 8 heteroatoms. The fourth-order valence-corrected chi connectivity index (χ4v) is 3.02. The molecule has 1 atom stereocenters. The average Bonchev–Trinajstić information content (AvgIpc) is 3.27. The maximum atomic E-state index is 12.4. The molecule has 0 aliphatic rings. The van der Waals surface area contributed by atoms with Crippen LogP contribution in [0.2, 0.25) is 0 Å². The Balaban J connectivity index is 1.58. The number of benzene rings is 1. The van der Waals surface area contributed by atoms with Crippen molar-refractivity contribution >= 4 is 6.03 Å². The summed E-state index contributed by atoms with van der Waals surface area (Å²) in [6.45, 7) is 0.828. The standard InChI is InChI=1S/C21H26N6O2/c1-26(2)19(16-7-9-18(29-3)10-8-16)15-24-21(28)23-14-17-6-4-11-22-20(17)27-13-5-12-25-27/h4-13,19H,14-15H2,1-3H3,(H2,23,24,28). The molecule has 0 aliphatic heterocycles. The fraction of sp³-hybridized carbons (Fsp3) is 0.286. The van der Waals surface area contributed by atoms with Gasteiger partial charge < -0.3 is 20.3 Å². The summed E-state index contributed by atoms with van der Waals surface area (Å²) in [7, 11) is 5.62. The van der Waals surface area contributed by atoms with Crippen LogP contribution in [0.15, 0.2) is 61.1 Å². The lowest BCUT2D eigenvalue weighted by atomic mass is 10.1. The summed E-state index contributed by atoms with van der Waals surface area (Å²) in [6.07, 6.45) is 5.22. The number of methoxy groups -OCH3 is 1. The van der Waals surface area contributed by atoms with Gasteiger partial charge in [0.05, 0.1) is 13.2 Å². The van der Waals surface area contributed by atoms with Crippen LogP contribution in [0, 0.1) is 0 Å². The van der Waals surface area contributed by atoms with E-state index < -0.39 is 0 Å². The predicted molar refractivity (Wildman–Crippen MR) is 111 cm³/mol. The molecule has 8 nitrogen and oxygen atoms in total. The monoisotopic (exact) mass is 394 g/mol. The van der Waals surface area contributed by atoms with E-state index in [4.69, 9.17) is 4.74 Å². The molecule has 0 saturated heterocycles. The molecule has 2 heterocycles. The summed E-state index contributed by atoms with van der Waals surface area (Å²) in [4.78, 5) is 18.8. The minimum Gasteiger partial charge on any atom is -0.497 e. The van der Waals surface area contributed by atoms with E-state index >= 15 is 0 Å². The van der Waals surface area contributed by atoms with Gasteiger partial charge in [-0.05, 0) is 43.9 Å². The van der Waals surface area contributed by atoms with E-state index in [0.29, 0.717) is 18.9 Å². The van der Waals surface area contributed by atoms with Crippen molar-refractivity contribution in [1.82, 2.24) is 30.3 Å². The van der Waals surface area contributed by atoms with Gasteiger partial charge in [-0.2, -0.15) is 5.10 Å². The van der Waals surface area contributed by atoms with Gasteiger partial charge in [0.15, 0.2) is 5.82 Å². The lowest BCUT2D eigenvalue weighted by molar-refractivity contribution is 0.232. The minimum absolute atomic E-state index is 0.0460. The molecular weight excluding hydrogens is 368 g/mol. The molecular formula is C21H26N6O2. The van der Waals surface area contributed by atoms with Gasteiger partial charge in [-0.1, -0.05) is 18.2 Å². The summed E-state index contributed by atoms with van der Waals surface area (Å²) >= 11 is 0. The Labute approximate surface area is 170 Å². The zero-order chi connectivity index (χ0) is 20.6. The van der Waals surface area contributed by atoms with Crippen molar-refractivity contribution in [2.45, 2.75) is 12.6 Å². The highest BCUT2D eigenvalue weighted by molar-refractivity contribution is 5.74. The van der Waals surface area contributed by atoms with Crippen LogP contribution in [-0.4, -0.2) is 53.4 Å². The van der Waals surface area contributed by atoms with Crippen LogP contribution in [0.4, 0.5) is 4.79 Å². The number of nitrogens with one attached hydrogen (secondary N) is 2. The van der Waals surface area contributed by atoms with Gasteiger partial charge >= 0.3 is 6.03 Å². The van der Waals surface area contributed by atoms with E-state index in [1.807, 2.05) is 62.8 Å². The molecule has 0 radical (unpaired) electrons. The van der Waals surface area contributed by atoms with Crippen LogP contribution in [0.3, 0.4) is 0 Å². The molecule has 3 rings (SSSR count). The third-order valence-electron chi connectivity index (χ3n) is 4.61. The quantitative estimate of drug-likeness (QED) is 0.613. The largest absolute Gasteiger partial charge is 0.497 e. The van der Waals surface area contributed by atoms with Crippen LogP contribution in [0.5, 0.6) is 5.75 Å². The van der Waals surface area contributed by atoms with E-state index in [2.05, 4.69) is 25.6 Å². The molecule has 152 valence electrons. The first-order valence-electron chi connectivity index (χ1n) is 9.34. The van der Waals surface area contributed by atoms with Crippen molar-refractivity contribution in [3.63, 3.8) is 0 Å². The van der Waals surface area contributed by atoms with Crippen LogP contribution in [-0.2, 0) is 6.54 Å². The lowest BCUT2D eigenvalue weighted by Crippen LogP contribution is -2.40. The molecule has 0 fully saturated rings. The van der Waals surface area contributed by atoms with E-state index in [0.717, 1.165) is 16.9 Å². The zero-order valence-corrected chi connectivity index (χ0v) is 16.9. The summed E-state index contributed by atoms with van der Waals surface area (Å²) in [5, 5.41) is 10.1. The highest BCUT2D eigenvalue weighted by atomic mass is 16.5. The predicted octanol–water partition coefficient (Wildman–Crippen LogP) is 2.38. The Morgan fingerprint density at radius 3 is 2.59 bits per heavy atom. The van der Waals surface area contributed by atoms with E-state index in [9.17, 15) is 4.79 Å². The Bertz CT molecular complexity index is 909. The number of hydrogen-bond acceptors (Lipinski definition) is 5. The molecule has 0 saturated carbocycles. The summed E-state index contributed by atoms with van der Waals surface area (Å²) in [5.74, 6) is 1.50. The minimum atomic E-state index is -0.236. The number of nitrogens with zero attached hydrogens (tertiary/aromatic N) is 4. The maximum Gasteiger partial charge on any atom is 0.315 e. The first-order valence-corrected chi connectivity index (χ1v) is 9.34. The maximum absolute atomic E-state index is 12.4. The van der Waals surface area contributed by atoms with Crippen LogP contribution >= 0.6 is 0 Å². The van der Waals surface area contributed by atoms with Crippen molar-refractivity contribution in [3.8, 4) is 11.6 Å². The SMILES string of the molecule is COc1ccc(C(CNC(=O)NCc2cccnc2-n2cccn2)N(C)C)cc1. The molecule has 2 N–H and O–H groups in total. The van der Waals surface area contributed by atoms with Gasteiger partial charge in [0.25, 0.3) is 0 Å². The second kappa shape index (κ2) is 9.70. The molecule has 1 aromatic carbocycles. The number of rotatable bonds is 8. The first-order chi connectivity index (χ1) is 14.1. The van der Waals surface area contributed by atoms with E-state index in [1.165, 1.54) is 0 Å². The van der Waals surface area contributed by atoms with Gasteiger partial charge in [-0.15, -0.1) is 0 Å². The van der Waals surface area contributed by atoms with E-state index in [1.54, 1.807) is 24.2 Å². The van der Waals surface area contributed by atoms with Crippen molar-refractivity contribution in [2.75, 3.05) is 27.7 Å². The fourth-order valence-electron chi connectivity index (χ4n) is 3.02. The third kappa shape index (κ3) is 5.32. The number of carbonyl (C=O) groups excluding carboxylic acids is 1. The van der Waals surface area contributed by atoms with Crippen molar-refractivity contribution in [3.05, 3.63) is 72.2 Å². The third-order valence-corrected chi connectivity index (χ3v) is 4.61. The normalized spacial score (nSPS) is 11.9. The number of likely N-dealkylation sites (N-methyl/N-ethyl adjacent to an activating group) is 1. The topological polar surface area (TPSA) is 84.3 Å². The number of carbonyl (C=O) groups is 1. The smallest absolute Gasteiger partial charge is 0.315 e. The highest BCUT2D eigenvalue weighted by Gasteiger charge is 2.16. The molecule has 0 spiro atoms. The van der Waals surface area contributed by atoms with Gasteiger partial charge in [0, 0.05) is 37.2 Å². The van der Waals surface area contributed by atoms with Crippen molar-refractivity contribution in [1.29, 1.82) is 0 Å². The molecule has 29 heavy (non-hydrogen) atoms. The van der Waals surface area contributed by atoms with Crippen LogP contribution in [0.25, 0.3) is 5.82 Å². The second-order valence-corrected chi connectivity index (χ2v) is 6.75. The van der Waals surface area contributed by atoms with Crippen LogP contribution < -0.4 is 15.4 Å². The Kier molecular flexibility index (Phi) is 6.80. The Morgan fingerprint density at radius 2 is 1.93 bits per heavy atom. The molecule has 3 aromatic rings. The molecule has 2 aromatic heterocycles. The molecule has 0 aliphatic carbocycles. The molecule has 0 bridgehead atoms. The van der Waals surface area contributed by atoms with Gasteiger partial charge in [-0.25, -0.2) is 14.5 Å². The summed E-state index contributed by atoms with van der Waals surface area (Å²) in [6, 6.07) is 13.3. The second-order valence-electron chi connectivity index (χ2n) is 6.75. The lowest BCUT2D eigenvalue weighted by Gasteiger charge is -2.25. The highest BCUT2D eigenvalue weighted by Crippen LogP contribution is 2.20. The Hall–Kier alpha value is -3.39. The number of aromatic nitrogens is 3.